The van der Waals surface area contributed by atoms with Crippen molar-refractivity contribution in [3.05, 3.63) is 41.6 Å². The van der Waals surface area contributed by atoms with E-state index in [9.17, 15) is 0 Å². The van der Waals surface area contributed by atoms with Crippen LogP contribution < -0.4 is 5.32 Å². The summed E-state index contributed by atoms with van der Waals surface area (Å²) < 4.78 is 0. The van der Waals surface area contributed by atoms with Crippen molar-refractivity contribution in [2.24, 2.45) is 0 Å². The Morgan fingerprint density at radius 3 is 3.06 bits per heavy atom. The van der Waals surface area contributed by atoms with E-state index in [1.807, 2.05) is 12.1 Å². The molecule has 0 aliphatic carbocycles. The molecule has 2 aromatic rings. The second-order valence-electron chi connectivity index (χ2n) is 3.89. The van der Waals surface area contributed by atoms with E-state index in [4.69, 9.17) is 5.26 Å². The summed E-state index contributed by atoms with van der Waals surface area (Å²) in [4.78, 5) is 3.37. The van der Waals surface area contributed by atoms with Gasteiger partial charge in [0.25, 0.3) is 0 Å². The molecule has 3 nitrogen and oxygen atoms in total. The van der Waals surface area contributed by atoms with Gasteiger partial charge in [-0.2, -0.15) is 5.26 Å². The first-order chi connectivity index (χ1) is 7.90. The van der Waals surface area contributed by atoms with Crippen LogP contribution in [0.25, 0.3) is 16.6 Å². The van der Waals surface area contributed by atoms with Crippen LogP contribution in [0.3, 0.4) is 0 Å². The molecule has 0 unspecified atom stereocenters. The molecule has 0 saturated heterocycles. The molecule has 2 N–H and O–H groups in total. The summed E-state index contributed by atoms with van der Waals surface area (Å²) in [6.45, 7) is 0.891. The van der Waals surface area contributed by atoms with Gasteiger partial charge in [0.1, 0.15) is 0 Å². The second kappa shape index (κ2) is 3.42. The van der Waals surface area contributed by atoms with Crippen molar-refractivity contribution in [3.63, 3.8) is 0 Å². The number of benzene rings is 1. The second-order valence-corrected chi connectivity index (χ2v) is 3.89. The Balaban J connectivity index is 2.30. The van der Waals surface area contributed by atoms with Gasteiger partial charge in [0.05, 0.1) is 17.5 Å². The third-order valence-electron chi connectivity index (χ3n) is 2.98. The lowest BCUT2D eigenvalue weighted by molar-refractivity contribution is 0.814. The van der Waals surface area contributed by atoms with Crippen molar-refractivity contribution in [1.82, 2.24) is 10.3 Å². The molecule has 0 bridgehead atoms. The van der Waals surface area contributed by atoms with Gasteiger partial charge < -0.3 is 10.3 Å². The number of aromatic amines is 1. The fourth-order valence-corrected chi connectivity index (χ4v) is 2.29. The molecular formula is C13H11N3. The highest BCUT2D eigenvalue weighted by atomic mass is 14.9. The molecule has 78 valence electrons. The highest BCUT2D eigenvalue weighted by molar-refractivity contribution is 5.90. The highest BCUT2D eigenvalue weighted by Gasteiger charge is 2.18. The fraction of sp³-hybridized carbons (Fsp3) is 0.154. The standard InChI is InChI=1S/C13H11N3/c14-7-5-12-13-10(6-8-15-12)9-3-1-2-4-11(9)16-13/h1-5,15-16H,6,8H2/b12-5-. The number of hydrogen-bond donors (Lipinski definition) is 2. The smallest absolute Gasteiger partial charge is 0.0934 e. The van der Waals surface area contributed by atoms with E-state index in [0.717, 1.165) is 29.9 Å². The molecule has 0 fully saturated rings. The van der Waals surface area contributed by atoms with E-state index >= 15 is 0 Å². The van der Waals surface area contributed by atoms with Gasteiger partial charge in [0, 0.05) is 23.5 Å². The SMILES string of the molecule is N#C/C=C1\NCCc2c1[nH]c1ccccc21. The van der Waals surface area contributed by atoms with E-state index in [0.29, 0.717) is 0 Å². The molecule has 3 rings (SSSR count). The summed E-state index contributed by atoms with van der Waals surface area (Å²) >= 11 is 0. The van der Waals surface area contributed by atoms with Crippen LogP contribution in [0.15, 0.2) is 30.3 Å². The van der Waals surface area contributed by atoms with E-state index in [1.165, 1.54) is 10.9 Å². The number of aromatic nitrogens is 1. The molecule has 0 radical (unpaired) electrons. The number of hydrogen-bond acceptors (Lipinski definition) is 2. The number of allylic oxidation sites excluding steroid dienone is 1. The highest BCUT2D eigenvalue weighted by Crippen LogP contribution is 2.28. The molecule has 0 atom stereocenters. The monoisotopic (exact) mass is 209 g/mol. The van der Waals surface area contributed by atoms with Gasteiger partial charge in [-0.1, -0.05) is 18.2 Å². The lowest BCUT2D eigenvalue weighted by Gasteiger charge is -2.16. The Labute approximate surface area is 93.4 Å². The van der Waals surface area contributed by atoms with Gasteiger partial charge in [-0.25, -0.2) is 0 Å². The maximum atomic E-state index is 8.74. The first kappa shape index (κ1) is 9.05. The van der Waals surface area contributed by atoms with Gasteiger partial charge in [-0.05, 0) is 18.1 Å². The minimum Gasteiger partial charge on any atom is -0.382 e. The third-order valence-corrected chi connectivity index (χ3v) is 2.98. The van der Waals surface area contributed by atoms with Crippen LogP contribution in [0.4, 0.5) is 0 Å². The normalized spacial score (nSPS) is 16.8. The molecular weight excluding hydrogens is 198 g/mol. The molecule has 3 heteroatoms. The van der Waals surface area contributed by atoms with E-state index in [2.05, 4.69) is 28.5 Å². The first-order valence-corrected chi connectivity index (χ1v) is 5.34. The molecule has 2 heterocycles. The van der Waals surface area contributed by atoms with Crippen LogP contribution in [-0.4, -0.2) is 11.5 Å². The maximum Gasteiger partial charge on any atom is 0.0934 e. The average molecular weight is 209 g/mol. The van der Waals surface area contributed by atoms with Crippen LogP contribution >= 0.6 is 0 Å². The summed E-state index contributed by atoms with van der Waals surface area (Å²) in [7, 11) is 0. The molecule has 1 aliphatic heterocycles. The van der Waals surface area contributed by atoms with E-state index in [1.54, 1.807) is 6.08 Å². The maximum absolute atomic E-state index is 8.74. The van der Waals surface area contributed by atoms with Crippen molar-refractivity contribution in [2.75, 3.05) is 6.54 Å². The van der Waals surface area contributed by atoms with Crippen molar-refractivity contribution in [1.29, 1.82) is 5.26 Å². The van der Waals surface area contributed by atoms with Crippen molar-refractivity contribution in [3.8, 4) is 6.07 Å². The van der Waals surface area contributed by atoms with Crippen LogP contribution in [0, 0.1) is 11.3 Å². The lowest BCUT2D eigenvalue weighted by Crippen LogP contribution is -2.22. The van der Waals surface area contributed by atoms with Gasteiger partial charge in [0.15, 0.2) is 0 Å². The Kier molecular flexibility index (Phi) is 1.94. The minimum absolute atomic E-state index is 0.891. The molecule has 0 spiro atoms. The summed E-state index contributed by atoms with van der Waals surface area (Å²) in [6.07, 6.45) is 2.56. The number of H-pyrrole nitrogens is 1. The van der Waals surface area contributed by atoms with Gasteiger partial charge in [0.2, 0.25) is 0 Å². The first-order valence-electron chi connectivity index (χ1n) is 5.34. The van der Waals surface area contributed by atoms with Crippen LogP contribution in [-0.2, 0) is 6.42 Å². The number of fused-ring (bicyclic) bond motifs is 3. The number of nitrogens with zero attached hydrogens (tertiary/aromatic N) is 1. The van der Waals surface area contributed by atoms with Gasteiger partial charge in [-0.3, -0.25) is 0 Å². The molecule has 0 saturated carbocycles. The zero-order chi connectivity index (χ0) is 11.0. The Hall–Kier alpha value is -2.21. The molecule has 1 aromatic heterocycles. The minimum atomic E-state index is 0.891. The number of rotatable bonds is 0. The van der Waals surface area contributed by atoms with E-state index < -0.39 is 0 Å². The molecule has 1 aromatic carbocycles. The predicted molar refractivity (Wildman–Crippen MR) is 63.6 cm³/mol. The lowest BCUT2D eigenvalue weighted by atomic mass is 10.0. The summed E-state index contributed by atoms with van der Waals surface area (Å²) in [6, 6.07) is 10.3. The molecule has 0 amide bonds. The van der Waals surface area contributed by atoms with E-state index in [-0.39, 0.29) is 0 Å². The Morgan fingerprint density at radius 1 is 1.31 bits per heavy atom. The Bertz CT molecular complexity index is 614. The molecule has 16 heavy (non-hydrogen) atoms. The third kappa shape index (κ3) is 1.20. The van der Waals surface area contributed by atoms with Crippen molar-refractivity contribution >= 4 is 16.6 Å². The summed E-state index contributed by atoms with van der Waals surface area (Å²) in [5, 5.41) is 13.2. The van der Waals surface area contributed by atoms with Crippen LogP contribution in [0.5, 0.6) is 0 Å². The number of nitriles is 1. The van der Waals surface area contributed by atoms with Crippen LogP contribution in [0.1, 0.15) is 11.3 Å². The quantitative estimate of drug-likeness (QED) is 0.653. The van der Waals surface area contributed by atoms with Crippen molar-refractivity contribution < 1.29 is 0 Å². The topological polar surface area (TPSA) is 51.6 Å². The zero-order valence-electron chi connectivity index (χ0n) is 8.75. The average Bonchev–Trinajstić information content (AvgIpc) is 2.69. The van der Waals surface area contributed by atoms with Gasteiger partial charge >= 0.3 is 0 Å². The van der Waals surface area contributed by atoms with Crippen molar-refractivity contribution in [2.45, 2.75) is 6.42 Å². The Morgan fingerprint density at radius 2 is 2.19 bits per heavy atom. The predicted octanol–water partition coefficient (Wildman–Crippen LogP) is 2.18. The largest absolute Gasteiger partial charge is 0.382 e. The van der Waals surface area contributed by atoms with Gasteiger partial charge in [-0.15, -0.1) is 0 Å². The number of nitrogens with one attached hydrogen (secondary N) is 2. The summed E-state index contributed by atoms with van der Waals surface area (Å²) in [5.74, 6) is 0. The number of para-hydroxylation sites is 1. The zero-order valence-corrected chi connectivity index (χ0v) is 8.75. The molecule has 1 aliphatic rings. The summed E-state index contributed by atoms with van der Waals surface area (Å²) in [5.41, 5.74) is 4.42. The van der Waals surface area contributed by atoms with Crippen LogP contribution in [0.2, 0.25) is 0 Å². The fourth-order valence-electron chi connectivity index (χ4n) is 2.29.